The van der Waals surface area contributed by atoms with Gasteiger partial charge in [-0.1, -0.05) is 49.7 Å². The topological polar surface area (TPSA) is 55.8 Å². The molecule has 1 amide bonds. The SMILES string of the molecule is COC(=O)c1cc(-c2cccc(COc3ccc4c(c3)CN(CC(C)C)C4=O)c2)ccc1Cl. The molecule has 0 aliphatic carbocycles. The van der Waals surface area contributed by atoms with E-state index in [-0.39, 0.29) is 5.91 Å². The molecule has 0 spiro atoms. The zero-order valence-corrected chi connectivity index (χ0v) is 19.7. The van der Waals surface area contributed by atoms with Crippen LogP contribution in [0.1, 0.15) is 45.7 Å². The zero-order chi connectivity index (χ0) is 23.5. The number of esters is 1. The highest BCUT2D eigenvalue weighted by Gasteiger charge is 2.27. The molecule has 170 valence electrons. The molecule has 4 rings (SSSR count). The third-order valence-corrected chi connectivity index (χ3v) is 5.91. The fraction of sp³-hybridized carbons (Fsp3) is 0.259. The fourth-order valence-electron chi connectivity index (χ4n) is 4.01. The maximum Gasteiger partial charge on any atom is 0.339 e. The lowest BCUT2D eigenvalue weighted by Crippen LogP contribution is -2.27. The second-order valence-electron chi connectivity index (χ2n) is 8.57. The second-order valence-corrected chi connectivity index (χ2v) is 8.98. The number of fused-ring (bicyclic) bond motifs is 1. The van der Waals surface area contributed by atoms with E-state index in [2.05, 4.69) is 13.8 Å². The van der Waals surface area contributed by atoms with Crippen LogP contribution in [0.2, 0.25) is 5.02 Å². The smallest absolute Gasteiger partial charge is 0.339 e. The van der Waals surface area contributed by atoms with E-state index in [0.717, 1.165) is 40.1 Å². The number of carbonyl (C=O) groups is 2. The lowest BCUT2D eigenvalue weighted by molar-refractivity contribution is 0.0600. The van der Waals surface area contributed by atoms with Crippen LogP contribution in [-0.4, -0.2) is 30.4 Å². The van der Waals surface area contributed by atoms with Crippen LogP contribution in [-0.2, 0) is 17.9 Å². The largest absolute Gasteiger partial charge is 0.489 e. The summed E-state index contributed by atoms with van der Waals surface area (Å²) in [6, 6.07) is 18.9. The molecule has 0 N–H and O–H groups in total. The van der Waals surface area contributed by atoms with Crippen molar-refractivity contribution < 1.29 is 19.1 Å². The van der Waals surface area contributed by atoms with Gasteiger partial charge in [0.2, 0.25) is 0 Å². The van der Waals surface area contributed by atoms with E-state index in [1.54, 1.807) is 12.1 Å². The van der Waals surface area contributed by atoms with Gasteiger partial charge in [-0.25, -0.2) is 4.79 Å². The summed E-state index contributed by atoms with van der Waals surface area (Å²) in [6.45, 7) is 5.98. The number of rotatable bonds is 7. The summed E-state index contributed by atoms with van der Waals surface area (Å²) in [7, 11) is 1.33. The Morgan fingerprint density at radius 2 is 1.85 bits per heavy atom. The minimum Gasteiger partial charge on any atom is -0.489 e. The van der Waals surface area contributed by atoms with Gasteiger partial charge in [-0.3, -0.25) is 4.79 Å². The first-order valence-electron chi connectivity index (χ1n) is 10.9. The van der Waals surface area contributed by atoms with Crippen molar-refractivity contribution in [1.82, 2.24) is 4.90 Å². The van der Waals surface area contributed by atoms with Crippen molar-refractivity contribution in [1.29, 1.82) is 0 Å². The van der Waals surface area contributed by atoms with E-state index in [0.29, 0.717) is 29.7 Å². The summed E-state index contributed by atoms with van der Waals surface area (Å²) in [5.41, 5.74) is 4.89. The van der Waals surface area contributed by atoms with Crippen molar-refractivity contribution in [2.24, 2.45) is 5.92 Å². The molecule has 0 aromatic heterocycles. The number of benzene rings is 3. The highest BCUT2D eigenvalue weighted by molar-refractivity contribution is 6.33. The molecule has 1 aliphatic heterocycles. The number of carbonyl (C=O) groups excluding carboxylic acids is 2. The van der Waals surface area contributed by atoms with Gasteiger partial charge in [0, 0.05) is 18.7 Å². The molecule has 0 radical (unpaired) electrons. The molecule has 0 unspecified atom stereocenters. The Balaban J connectivity index is 1.48. The number of hydrogen-bond acceptors (Lipinski definition) is 4. The van der Waals surface area contributed by atoms with Gasteiger partial charge in [-0.05, 0) is 64.6 Å². The van der Waals surface area contributed by atoms with Crippen LogP contribution < -0.4 is 4.74 Å². The zero-order valence-electron chi connectivity index (χ0n) is 18.9. The molecule has 6 heteroatoms. The van der Waals surface area contributed by atoms with E-state index >= 15 is 0 Å². The molecular formula is C27H26ClNO4. The van der Waals surface area contributed by atoms with Crippen molar-refractivity contribution in [2.75, 3.05) is 13.7 Å². The third-order valence-electron chi connectivity index (χ3n) is 5.58. The van der Waals surface area contributed by atoms with Crippen LogP contribution in [0, 0.1) is 5.92 Å². The lowest BCUT2D eigenvalue weighted by Gasteiger charge is -2.17. The molecule has 0 bridgehead atoms. The first kappa shape index (κ1) is 22.9. The Kier molecular flexibility index (Phi) is 6.70. The minimum absolute atomic E-state index is 0.0900. The monoisotopic (exact) mass is 463 g/mol. The summed E-state index contributed by atoms with van der Waals surface area (Å²) in [6.07, 6.45) is 0. The van der Waals surface area contributed by atoms with Crippen LogP contribution in [0.4, 0.5) is 0 Å². The molecule has 1 heterocycles. The van der Waals surface area contributed by atoms with Gasteiger partial charge in [0.1, 0.15) is 12.4 Å². The molecule has 3 aromatic rings. The number of hydrogen-bond donors (Lipinski definition) is 0. The Hall–Kier alpha value is -3.31. The molecular weight excluding hydrogens is 438 g/mol. The molecule has 33 heavy (non-hydrogen) atoms. The van der Waals surface area contributed by atoms with Gasteiger partial charge < -0.3 is 14.4 Å². The highest BCUT2D eigenvalue weighted by Crippen LogP contribution is 2.29. The molecule has 1 aliphatic rings. The summed E-state index contributed by atoms with van der Waals surface area (Å²) < 4.78 is 10.8. The van der Waals surface area contributed by atoms with Crippen molar-refractivity contribution >= 4 is 23.5 Å². The predicted molar refractivity (Wildman–Crippen MR) is 129 cm³/mol. The number of halogens is 1. The van der Waals surface area contributed by atoms with Crippen LogP contribution in [0.5, 0.6) is 5.75 Å². The molecule has 5 nitrogen and oxygen atoms in total. The van der Waals surface area contributed by atoms with Crippen molar-refractivity contribution in [3.05, 3.63) is 87.9 Å². The van der Waals surface area contributed by atoms with Gasteiger partial charge in [0.15, 0.2) is 0 Å². The van der Waals surface area contributed by atoms with Crippen molar-refractivity contribution in [2.45, 2.75) is 27.0 Å². The van der Waals surface area contributed by atoms with E-state index in [1.165, 1.54) is 7.11 Å². The average Bonchev–Trinajstić information content (AvgIpc) is 3.11. The maximum atomic E-state index is 12.5. The third kappa shape index (κ3) is 5.04. The normalized spacial score (nSPS) is 12.8. The average molecular weight is 464 g/mol. The Bertz CT molecular complexity index is 1200. The van der Waals surface area contributed by atoms with E-state index in [1.807, 2.05) is 53.4 Å². The van der Waals surface area contributed by atoms with Crippen LogP contribution in [0.25, 0.3) is 11.1 Å². The van der Waals surface area contributed by atoms with Crippen LogP contribution >= 0.6 is 11.6 Å². The van der Waals surface area contributed by atoms with Gasteiger partial charge >= 0.3 is 5.97 Å². The number of methoxy groups -OCH3 is 1. The van der Waals surface area contributed by atoms with Gasteiger partial charge in [-0.15, -0.1) is 0 Å². The van der Waals surface area contributed by atoms with Crippen LogP contribution in [0.3, 0.4) is 0 Å². The minimum atomic E-state index is -0.469. The highest BCUT2D eigenvalue weighted by atomic mass is 35.5. The lowest BCUT2D eigenvalue weighted by atomic mass is 10.0. The summed E-state index contributed by atoms with van der Waals surface area (Å²) in [4.78, 5) is 26.4. The van der Waals surface area contributed by atoms with Gasteiger partial charge in [0.25, 0.3) is 5.91 Å². The van der Waals surface area contributed by atoms with E-state index < -0.39 is 5.97 Å². The maximum absolute atomic E-state index is 12.5. The first-order valence-corrected chi connectivity index (χ1v) is 11.3. The van der Waals surface area contributed by atoms with Crippen molar-refractivity contribution in [3.63, 3.8) is 0 Å². The molecule has 3 aromatic carbocycles. The molecule has 0 atom stereocenters. The molecule has 0 fully saturated rings. The van der Waals surface area contributed by atoms with Gasteiger partial charge in [-0.2, -0.15) is 0 Å². The Labute approximate surface area is 198 Å². The van der Waals surface area contributed by atoms with E-state index in [4.69, 9.17) is 21.1 Å². The molecule has 0 saturated carbocycles. The number of amides is 1. The summed E-state index contributed by atoms with van der Waals surface area (Å²) in [5, 5.41) is 0.354. The van der Waals surface area contributed by atoms with Crippen molar-refractivity contribution in [3.8, 4) is 16.9 Å². The van der Waals surface area contributed by atoms with Crippen LogP contribution in [0.15, 0.2) is 60.7 Å². The quantitative estimate of drug-likeness (QED) is 0.404. The summed E-state index contributed by atoms with van der Waals surface area (Å²) in [5.74, 6) is 0.782. The number of ether oxygens (including phenoxy) is 2. The standard InChI is InChI=1S/C27H26ClNO4/c1-17(2)14-29-15-21-12-22(8-9-23(21)26(29)30)33-16-18-5-4-6-19(11-18)20-7-10-25(28)24(13-20)27(31)32-3/h4-13,17H,14-16H2,1-3H3. The number of nitrogens with zero attached hydrogens (tertiary/aromatic N) is 1. The second kappa shape index (κ2) is 9.67. The molecule has 0 saturated heterocycles. The fourth-order valence-corrected chi connectivity index (χ4v) is 4.21. The Morgan fingerprint density at radius 3 is 2.61 bits per heavy atom. The Morgan fingerprint density at radius 1 is 1.06 bits per heavy atom. The first-order chi connectivity index (χ1) is 15.9. The van der Waals surface area contributed by atoms with Gasteiger partial charge in [0.05, 0.1) is 17.7 Å². The summed E-state index contributed by atoms with van der Waals surface area (Å²) >= 11 is 6.14. The predicted octanol–water partition coefficient (Wildman–Crippen LogP) is 5.98. The van der Waals surface area contributed by atoms with E-state index in [9.17, 15) is 9.59 Å².